The number of anilines is 2. The van der Waals surface area contributed by atoms with Crippen molar-refractivity contribution in [2.75, 3.05) is 17.7 Å². The number of carbonyl (C=O) groups excluding carboxylic acids is 1. The molecule has 176 valence electrons. The molecule has 6 heteroatoms. The zero-order valence-electron chi connectivity index (χ0n) is 19.8. The van der Waals surface area contributed by atoms with Crippen molar-refractivity contribution in [2.45, 2.75) is 69.1 Å². The van der Waals surface area contributed by atoms with Gasteiger partial charge < -0.3 is 20.9 Å². The Morgan fingerprint density at radius 2 is 1.82 bits per heavy atom. The quantitative estimate of drug-likeness (QED) is 0.488. The summed E-state index contributed by atoms with van der Waals surface area (Å²) in [7, 11) is 2.24. The smallest absolute Gasteiger partial charge is 0.319 e. The van der Waals surface area contributed by atoms with Gasteiger partial charge in [-0.1, -0.05) is 30.7 Å². The molecule has 6 rings (SSSR count). The number of fused-ring (bicyclic) bond motifs is 4. The lowest BCUT2D eigenvalue weighted by molar-refractivity contribution is 0.0513. The number of benzene rings is 2. The van der Waals surface area contributed by atoms with Crippen LogP contribution in [-0.4, -0.2) is 41.1 Å². The highest BCUT2D eigenvalue weighted by molar-refractivity contribution is 5.93. The summed E-state index contributed by atoms with van der Waals surface area (Å²) in [6.45, 7) is 0. The van der Waals surface area contributed by atoms with Crippen LogP contribution in [0.1, 0.15) is 55.7 Å². The van der Waals surface area contributed by atoms with Crippen LogP contribution < -0.4 is 16.0 Å². The van der Waals surface area contributed by atoms with Crippen molar-refractivity contribution in [2.24, 2.45) is 0 Å². The van der Waals surface area contributed by atoms with E-state index in [1.165, 1.54) is 30.4 Å². The van der Waals surface area contributed by atoms with E-state index in [9.17, 15) is 4.79 Å². The highest BCUT2D eigenvalue weighted by Crippen LogP contribution is 2.34. The van der Waals surface area contributed by atoms with Crippen LogP contribution in [0.4, 0.5) is 16.3 Å². The van der Waals surface area contributed by atoms with Crippen molar-refractivity contribution >= 4 is 28.4 Å². The second-order valence-electron chi connectivity index (χ2n) is 10.2. The predicted molar refractivity (Wildman–Crippen MR) is 137 cm³/mol. The fourth-order valence-electron chi connectivity index (χ4n) is 6.26. The van der Waals surface area contributed by atoms with Crippen LogP contribution in [0.15, 0.2) is 54.6 Å². The third kappa shape index (κ3) is 4.23. The van der Waals surface area contributed by atoms with Crippen molar-refractivity contribution in [3.05, 3.63) is 65.7 Å². The van der Waals surface area contributed by atoms with Crippen molar-refractivity contribution in [1.29, 1.82) is 0 Å². The van der Waals surface area contributed by atoms with E-state index >= 15 is 0 Å². The molecule has 0 saturated carbocycles. The zero-order valence-corrected chi connectivity index (χ0v) is 19.8. The van der Waals surface area contributed by atoms with Gasteiger partial charge in [-0.15, -0.1) is 0 Å². The van der Waals surface area contributed by atoms with E-state index in [0.717, 1.165) is 48.1 Å². The molecule has 2 amide bonds. The van der Waals surface area contributed by atoms with Gasteiger partial charge in [-0.3, -0.25) is 0 Å². The molecule has 2 fully saturated rings. The third-order valence-electron chi connectivity index (χ3n) is 8.08. The number of pyridine rings is 1. The molecule has 34 heavy (non-hydrogen) atoms. The van der Waals surface area contributed by atoms with Crippen molar-refractivity contribution in [1.82, 2.24) is 15.2 Å². The molecule has 1 unspecified atom stereocenters. The van der Waals surface area contributed by atoms with Gasteiger partial charge in [-0.2, -0.15) is 0 Å². The molecule has 2 aliphatic heterocycles. The largest absolute Gasteiger partial charge is 0.363 e. The van der Waals surface area contributed by atoms with Gasteiger partial charge in [0.1, 0.15) is 5.82 Å². The molecule has 1 aromatic heterocycles. The number of amides is 2. The maximum absolute atomic E-state index is 12.7. The van der Waals surface area contributed by atoms with Crippen LogP contribution in [0.25, 0.3) is 10.9 Å². The highest BCUT2D eigenvalue weighted by Gasteiger charge is 2.36. The molecule has 0 spiro atoms. The van der Waals surface area contributed by atoms with Gasteiger partial charge in [0.05, 0.1) is 11.6 Å². The first-order valence-corrected chi connectivity index (χ1v) is 12.7. The Labute approximate surface area is 201 Å². The number of urea groups is 1. The maximum Gasteiger partial charge on any atom is 0.319 e. The van der Waals surface area contributed by atoms with E-state index in [2.05, 4.69) is 58.2 Å². The van der Waals surface area contributed by atoms with E-state index in [0.29, 0.717) is 18.1 Å². The summed E-state index contributed by atoms with van der Waals surface area (Å²) in [5.74, 6) is 0.889. The molecule has 0 radical (unpaired) electrons. The van der Waals surface area contributed by atoms with Crippen molar-refractivity contribution < 1.29 is 4.79 Å². The average Bonchev–Trinajstić information content (AvgIpc) is 3.23. The SMILES string of the molecule is CN1[C@@H]2CCC[C@H]1CC(NC(=O)Nc1ccc3nc(N[C@@H]4CCc5ccccc54)ccc3c1)C2. The Morgan fingerprint density at radius 1 is 1.00 bits per heavy atom. The van der Waals surface area contributed by atoms with Gasteiger partial charge in [0, 0.05) is 29.2 Å². The van der Waals surface area contributed by atoms with Crippen molar-refractivity contribution in [3.63, 3.8) is 0 Å². The summed E-state index contributed by atoms with van der Waals surface area (Å²) in [5, 5.41) is 10.9. The highest BCUT2D eigenvalue weighted by atomic mass is 16.2. The molecular formula is C28H33N5O. The number of piperidine rings is 2. The fourth-order valence-corrected chi connectivity index (χ4v) is 6.26. The van der Waals surface area contributed by atoms with Crippen LogP contribution >= 0.6 is 0 Å². The van der Waals surface area contributed by atoms with Gasteiger partial charge in [0.15, 0.2) is 0 Å². The van der Waals surface area contributed by atoms with Crippen LogP contribution in [0.5, 0.6) is 0 Å². The molecule has 2 bridgehead atoms. The van der Waals surface area contributed by atoms with Gasteiger partial charge in [-0.05, 0) is 87.0 Å². The summed E-state index contributed by atoms with van der Waals surface area (Å²) in [5.41, 5.74) is 4.53. The molecule has 2 saturated heterocycles. The number of carbonyl (C=O) groups is 1. The minimum absolute atomic E-state index is 0.113. The lowest BCUT2D eigenvalue weighted by Gasteiger charge is -2.47. The molecule has 1 aliphatic carbocycles. The number of nitrogens with one attached hydrogen (secondary N) is 3. The van der Waals surface area contributed by atoms with Crippen LogP contribution in [0.3, 0.4) is 0 Å². The molecular weight excluding hydrogens is 422 g/mol. The minimum Gasteiger partial charge on any atom is -0.363 e. The summed E-state index contributed by atoms with van der Waals surface area (Å²) < 4.78 is 0. The topological polar surface area (TPSA) is 69.3 Å². The van der Waals surface area contributed by atoms with Gasteiger partial charge in [0.2, 0.25) is 0 Å². The Morgan fingerprint density at radius 3 is 2.68 bits per heavy atom. The maximum atomic E-state index is 12.7. The first-order chi connectivity index (χ1) is 16.6. The summed E-state index contributed by atoms with van der Waals surface area (Å²) in [6, 6.07) is 20.3. The molecule has 2 aromatic carbocycles. The zero-order chi connectivity index (χ0) is 23.1. The van der Waals surface area contributed by atoms with E-state index < -0.39 is 0 Å². The third-order valence-corrected chi connectivity index (χ3v) is 8.08. The molecule has 3 aliphatic rings. The standard InChI is InChI=1S/C28H33N5O/c1-33-22-6-4-7-23(33)17-21(16-22)30-28(34)29-20-11-13-25-19(15-20)10-14-27(31-25)32-26-12-9-18-5-2-3-8-24(18)26/h2-3,5,8,10-11,13-15,21-23,26H,4,6-7,9,12,16-17H2,1H3,(H,31,32)(H2,29,30,34)/t21?,22-,23+,26-/m1/s1. The van der Waals surface area contributed by atoms with Gasteiger partial charge in [0.25, 0.3) is 0 Å². The van der Waals surface area contributed by atoms with Crippen LogP contribution in [-0.2, 0) is 6.42 Å². The molecule has 4 atom stereocenters. The normalized spacial score (nSPS) is 26.1. The monoisotopic (exact) mass is 455 g/mol. The Balaban J connectivity index is 1.09. The Kier molecular flexibility index (Phi) is 5.61. The Bertz CT molecular complexity index is 1200. The number of aromatic nitrogens is 1. The summed E-state index contributed by atoms with van der Waals surface area (Å²) >= 11 is 0. The second kappa shape index (κ2) is 8.91. The lowest BCUT2D eigenvalue weighted by atomic mass is 9.82. The molecule has 3 heterocycles. The summed E-state index contributed by atoms with van der Waals surface area (Å²) in [6.07, 6.45) is 8.10. The Hall–Kier alpha value is -3.12. The van der Waals surface area contributed by atoms with Crippen LogP contribution in [0.2, 0.25) is 0 Å². The van der Waals surface area contributed by atoms with Crippen LogP contribution in [0, 0.1) is 0 Å². The number of nitrogens with zero attached hydrogens (tertiary/aromatic N) is 2. The first kappa shape index (κ1) is 21.4. The minimum atomic E-state index is -0.113. The van der Waals surface area contributed by atoms with Gasteiger partial charge >= 0.3 is 6.03 Å². The lowest BCUT2D eigenvalue weighted by Crippen LogP contribution is -2.55. The predicted octanol–water partition coefficient (Wildman–Crippen LogP) is 5.47. The molecule has 3 aromatic rings. The van der Waals surface area contributed by atoms with E-state index in [1.807, 2.05) is 24.3 Å². The van der Waals surface area contributed by atoms with E-state index in [4.69, 9.17) is 4.98 Å². The fraction of sp³-hybridized carbons (Fsp3) is 0.429. The second-order valence-corrected chi connectivity index (χ2v) is 10.2. The number of aryl methyl sites for hydroxylation is 1. The van der Waals surface area contributed by atoms with Crippen molar-refractivity contribution in [3.8, 4) is 0 Å². The number of hydrogen-bond donors (Lipinski definition) is 3. The molecule has 3 N–H and O–H groups in total. The van der Waals surface area contributed by atoms with E-state index in [1.54, 1.807) is 0 Å². The molecule has 6 nitrogen and oxygen atoms in total. The van der Waals surface area contributed by atoms with Gasteiger partial charge in [-0.25, -0.2) is 9.78 Å². The summed E-state index contributed by atoms with van der Waals surface area (Å²) in [4.78, 5) is 20.0. The number of hydrogen-bond acceptors (Lipinski definition) is 4. The van der Waals surface area contributed by atoms with E-state index in [-0.39, 0.29) is 12.1 Å². The first-order valence-electron chi connectivity index (χ1n) is 12.7. The number of rotatable bonds is 4. The average molecular weight is 456 g/mol.